The van der Waals surface area contributed by atoms with Gasteiger partial charge in [-0.25, -0.2) is 4.79 Å². The van der Waals surface area contributed by atoms with Crippen molar-refractivity contribution >= 4 is 95.6 Å². The minimum atomic E-state index is -5.13. The lowest BCUT2D eigenvalue weighted by Gasteiger charge is -2.34. The summed E-state index contributed by atoms with van der Waals surface area (Å²) in [4.78, 5) is 38.3. The Balaban J connectivity index is 1.25. The summed E-state index contributed by atoms with van der Waals surface area (Å²) in [5.74, 6) is -2.70. The van der Waals surface area contributed by atoms with E-state index in [-0.39, 0.29) is 124 Å². The Morgan fingerprint density at radius 3 is 1.68 bits per heavy atom. The van der Waals surface area contributed by atoms with Crippen molar-refractivity contribution < 1.29 is 103 Å². The molecule has 2 amide bonds. The van der Waals surface area contributed by atoms with Crippen LogP contribution in [0.15, 0.2) is 104 Å². The molecule has 6 rings (SSSR count). The number of fused-ring (bicyclic) bond motifs is 4. The molecular weight excluding hydrogens is 1160 g/mol. The van der Waals surface area contributed by atoms with Crippen LogP contribution in [0.1, 0.15) is 69.6 Å². The van der Waals surface area contributed by atoms with Crippen LogP contribution in [0.4, 0.5) is 5.69 Å². The number of hydrogen-bond acceptors (Lipinski definition) is 19. The first kappa shape index (κ1) is 63.6. The van der Waals surface area contributed by atoms with Crippen LogP contribution < -0.4 is 4.90 Å². The fourth-order valence-corrected chi connectivity index (χ4v) is 12.9. The maximum atomic E-state index is 12.7. The summed E-state index contributed by atoms with van der Waals surface area (Å²) in [6.07, 6.45) is 4.18. The zero-order valence-electron chi connectivity index (χ0n) is 43.7. The number of anilines is 1. The molecule has 4 aromatic carbocycles. The van der Waals surface area contributed by atoms with E-state index in [0.29, 0.717) is 39.7 Å². The molecule has 0 aromatic heterocycles. The van der Waals surface area contributed by atoms with E-state index in [9.17, 15) is 79.2 Å². The van der Waals surface area contributed by atoms with Gasteiger partial charge in [-0.15, -0.1) is 5.06 Å². The van der Waals surface area contributed by atoms with Crippen molar-refractivity contribution in [1.29, 1.82) is 0 Å². The van der Waals surface area contributed by atoms with E-state index in [2.05, 4.69) is 6.58 Å². The maximum Gasteiger partial charge on any atom is 0.335 e. The predicted octanol–water partition coefficient (Wildman–Crippen LogP) is 5.07. The summed E-state index contributed by atoms with van der Waals surface area (Å²) in [7, 11) is -24.9. The highest BCUT2D eigenvalue weighted by molar-refractivity contribution is 7.87. The summed E-state index contributed by atoms with van der Waals surface area (Å²) < 4.78 is 198. The summed E-state index contributed by atoms with van der Waals surface area (Å²) in [5, 5.41) is 0.206. The SMILES string of the molecule is C=C(/C=C/C=C1/N(CCOCCOCCOCCOCCC(=O)ON2C(=O)CCC2=O)c2ccc3c(S(=O)(=O)O)cc(S(=O)(=O)O)cc3c2C1(C)C)C(C)(CCCS(=O)(=O)O)c1c(C)ccc2c(S(=O)(=O)O)cc(S(=O)(=O)O)cc12. The Kier molecular flexibility index (Phi) is 19.8. The molecule has 0 aliphatic carbocycles. The number of allylic oxidation sites excluding steroid dienone is 5. The molecule has 1 fully saturated rings. The van der Waals surface area contributed by atoms with Crippen molar-refractivity contribution in [3.63, 3.8) is 0 Å². The monoisotopic (exact) mass is 1220 g/mol. The number of carbonyl (C=O) groups excluding carboxylic acids is 3. The van der Waals surface area contributed by atoms with E-state index in [1.54, 1.807) is 50.8 Å². The molecule has 2 aliphatic rings. The van der Waals surface area contributed by atoms with E-state index in [1.165, 1.54) is 24.3 Å². The third kappa shape index (κ3) is 15.1. The van der Waals surface area contributed by atoms with Gasteiger partial charge in [-0.1, -0.05) is 57.7 Å². The normalized spacial score (nSPS) is 16.6. The average Bonchev–Trinajstić information content (AvgIpc) is 3.77. The molecule has 0 spiro atoms. The Bertz CT molecular complexity index is 3750. The average molecular weight is 1220 g/mol. The van der Waals surface area contributed by atoms with Crippen molar-refractivity contribution in [3.05, 3.63) is 101 Å². The Hall–Kier alpha value is -5.58. The van der Waals surface area contributed by atoms with E-state index in [4.69, 9.17) is 23.8 Å². The van der Waals surface area contributed by atoms with Gasteiger partial charge in [-0.2, -0.15) is 42.1 Å². The number of amides is 2. The highest BCUT2D eigenvalue weighted by Gasteiger charge is 2.42. The first-order valence-corrected chi connectivity index (χ1v) is 31.7. The van der Waals surface area contributed by atoms with Gasteiger partial charge in [-0.3, -0.25) is 32.4 Å². The van der Waals surface area contributed by atoms with Gasteiger partial charge in [0.15, 0.2) is 0 Å². The number of hydroxylamine groups is 2. The summed E-state index contributed by atoms with van der Waals surface area (Å²) in [6, 6.07) is 9.05. The summed E-state index contributed by atoms with van der Waals surface area (Å²) in [5.41, 5.74) is -0.413. The first-order valence-electron chi connectivity index (χ1n) is 24.3. The maximum absolute atomic E-state index is 12.7. The molecule has 0 saturated carbocycles. The van der Waals surface area contributed by atoms with Crippen LogP contribution in [0.2, 0.25) is 0 Å². The van der Waals surface area contributed by atoms with Crippen LogP contribution in [-0.4, -0.2) is 153 Å². The highest BCUT2D eigenvalue weighted by Crippen LogP contribution is 2.52. The molecule has 1 saturated heterocycles. The molecule has 5 N–H and O–H groups in total. The molecule has 25 nitrogen and oxygen atoms in total. The van der Waals surface area contributed by atoms with Gasteiger partial charge in [0.05, 0.1) is 74.8 Å². The Labute approximate surface area is 462 Å². The Morgan fingerprint density at radius 2 is 1.16 bits per heavy atom. The number of rotatable bonds is 28. The molecular formula is C50H60N2O23S5. The standard InChI is InChI=1S/C50H60N2O23S5/c1-32-10-11-36-38(28-34(77(59,60)61)30-41(36)79(65,66)67)47(32)50(5,17-7-27-76(56,57)58)33(2)8-6-9-43-49(3,4)48-39-29-35(78(62,63)64)31-42(80(68,69)70)37(39)12-13-40(48)51(43)18-20-72-22-24-74-26-25-73-23-21-71-19-16-46(55)75-52-44(53)14-15-45(52)54/h6,8-13,28-31H,2,7,14-27H2,1,3-5H3,(H,56,57,58)(H,59,60,61)(H,62,63,64)(H,65,66,67)(H,68,69,70)/b8-6+,43-9+. The minimum absolute atomic E-state index is 0.0235. The fraction of sp³-hybridized carbons (Fsp3) is 0.420. The van der Waals surface area contributed by atoms with Crippen molar-refractivity contribution in [2.24, 2.45) is 0 Å². The number of carbonyl (C=O) groups is 3. The van der Waals surface area contributed by atoms with E-state index >= 15 is 0 Å². The summed E-state index contributed by atoms with van der Waals surface area (Å²) in [6.45, 7) is 12.0. The molecule has 438 valence electrons. The molecule has 2 aliphatic heterocycles. The van der Waals surface area contributed by atoms with Crippen LogP contribution >= 0.6 is 0 Å². The number of imide groups is 1. The zero-order valence-corrected chi connectivity index (χ0v) is 47.8. The predicted molar refractivity (Wildman–Crippen MR) is 287 cm³/mol. The second kappa shape index (κ2) is 24.9. The number of benzene rings is 4. The van der Waals surface area contributed by atoms with Crippen molar-refractivity contribution in [3.8, 4) is 0 Å². The van der Waals surface area contributed by atoms with Crippen molar-refractivity contribution in [2.45, 2.75) is 90.2 Å². The summed E-state index contributed by atoms with van der Waals surface area (Å²) >= 11 is 0. The lowest BCUT2D eigenvalue weighted by Crippen LogP contribution is -2.32. The first-order chi connectivity index (χ1) is 37.1. The molecule has 1 unspecified atom stereocenters. The lowest BCUT2D eigenvalue weighted by molar-refractivity contribution is -0.198. The largest absolute Gasteiger partial charge is 0.378 e. The van der Waals surface area contributed by atoms with Gasteiger partial charge in [0.25, 0.3) is 62.4 Å². The smallest absolute Gasteiger partial charge is 0.335 e. The second-order valence-corrected chi connectivity index (χ2v) is 26.5. The van der Waals surface area contributed by atoms with Crippen LogP contribution in [0.25, 0.3) is 21.5 Å². The van der Waals surface area contributed by atoms with Crippen LogP contribution in [0.5, 0.6) is 0 Å². The van der Waals surface area contributed by atoms with Gasteiger partial charge in [0, 0.05) is 52.4 Å². The molecule has 0 radical (unpaired) electrons. The fourth-order valence-electron chi connectivity index (χ4n) is 9.69. The van der Waals surface area contributed by atoms with Crippen molar-refractivity contribution in [1.82, 2.24) is 5.06 Å². The van der Waals surface area contributed by atoms with Crippen LogP contribution in [0, 0.1) is 6.92 Å². The van der Waals surface area contributed by atoms with E-state index < -0.39 is 105 Å². The molecule has 0 bridgehead atoms. The lowest BCUT2D eigenvalue weighted by atomic mass is 9.70. The third-order valence-corrected chi connectivity index (χ3v) is 17.7. The van der Waals surface area contributed by atoms with Gasteiger partial charge >= 0.3 is 5.97 Å². The second-order valence-electron chi connectivity index (χ2n) is 19.3. The molecule has 2 heterocycles. The van der Waals surface area contributed by atoms with Gasteiger partial charge in [0.1, 0.15) is 9.79 Å². The zero-order chi connectivity index (χ0) is 59.4. The quantitative estimate of drug-likeness (QED) is 0.0214. The molecule has 1 atom stereocenters. The van der Waals surface area contributed by atoms with Crippen molar-refractivity contribution in [2.75, 3.05) is 70.1 Å². The molecule has 4 aromatic rings. The van der Waals surface area contributed by atoms with Gasteiger partial charge < -0.3 is 28.7 Å². The topological polar surface area (TPSA) is 376 Å². The Morgan fingerprint density at radius 1 is 0.675 bits per heavy atom. The van der Waals surface area contributed by atoms with E-state index in [0.717, 1.165) is 12.1 Å². The number of hydrogen-bond donors (Lipinski definition) is 5. The van der Waals surface area contributed by atoms with Gasteiger partial charge in [-0.05, 0) is 89.2 Å². The minimum Gasteiger partial charge on any atom is -0.378 e. The number of nitrogens with zero attached hydrogens (tertiary/aromatic N) is 2. The molecule has 80 heavy (non-hydrogen) atoms. The number of aryl methyl sites for hydroxylation is 1. The van der Waals surface area contributed by atoms with Crippen LogP contribution in [0.3, 0.4) is 0 Å². The van der Waals surface area contributed by atoms with E-state index in [1.807, 2.05) is 0 Å². The third-order valence-electron chi connectivity index (χ3n) is 13.4. The highest BCUT2D eigenvalue weighted by atomic mass is 32.2. The molecule has 30 heteroatoms. The number of ether oxygens (including phenoxy) is 4. The van der Waals surface area contributed by atoms with Crippen LogP contribution in [-0.2, 0) is 99.6 Å². The van der Waals surface area contributed by atoms with Gasteiger partial charge in [0.2, 0.25) is 0 Å².